The Labute approximate surface area is 213 Å². The predicted molar refractivity (Wildman–Crippen MR) is 125 cm³/mol. The minimum atomic E-state index is -4.58. The molecule has 6 fully saturated rings. The van der Waals surface area contributed by atoms with Crippen molar-refractivity contribution in [2.24, 2.45) is 29.1 Å². The Balaban J connectivity index is 1.24. The van der Waals surface area contributed by atoms with Crippen molar-refractivity contribution in [3.63, 3.8) is 0 Å². The van der Waals surface area contributed by atoms with Crippen LogP contribution in [0.25, 0.3) is 0 Å². The van der Waals surface area contributed by atoms with Crippen LogP contribution in [-0.4, -0.2) is 49.3 Å². The zero-order chi connectivity index (χ0) is 26.1. The molecule has 0 radical (unpaired) electrons. The summed E-state index contributed by atoms with van der Waals surface area (Å²) >= 11 is 0. The van der Waals surface area contributed by atoms with Crippen molar-refractivity contribution in [3.8, 4) is 5.75 Å². The molecule has 1 amide bonds. The average molecular weight is 524 g/mol. The molecule has 9 heteroatoms. The molecule has 5 nitrogen and oxygen atoms in total. The first-order valence-corrected chi connectivity index (χ1v) is 13.5. The molecule has 5 saturated carbocycles. The summed E-state index contributed by atoms with van der Waals surface area (Å²) in [5.74, 6) is -1.70. The van der Waals surface area contributed by atoms with Crippen molar-refractivity contribution in [2.45, 2.75) is 75.9 Å². The van der Waals surface area contributed by atoms with Gasteiger partial charge in [-0.15, -0.1) is 0 Å². The molecule has 1 aliphatic heterocycles. The van der Waals surface area contributed by atoms with E-state index in [1.54, 1.807) is 0 Å². The van der Waals surface area contributed by atoms with Gasteiger partial charge in [0.2, 0.25) is 0 Å². The van der Waals surface area contributed by atoms with Crippen LogP contribution in [0.15, 0.2) is 12.1 Å². The number of hydrogen-bond acceptors (Lipinski definition) is 4. The summed E-state index contributed by atoms with van der Waals surface area (Å²) in [6.07, 6.45) is 4.01. The standard InChI is InChI=1S/C28H33F4NO4/c1-36-26(35)23-7-19(28(30,31)32)13-33(23)25(34)21-8-20(18-2-3-18)24(9-22(21)29)37-14-27-10-15-4-16(11-27)6-17(5-15)12-27/h8-9,15-19,23H,2-7,10-14H2,1H3. The molecular formula is C28H33F4NO4. The van der Waals surface area contributed by atoms with Crippen LogP contribution in [0, 0.1) is 34.9 Å². The largest absolute Gasteiger partial charge is 0.493 e. The van der Waals surface area contributed by atoms with Gasteiger partial charge in [-0.1, -0.05) is 0 Å². The molecule has 1 aromatic rings. The van der Waals surface area contributed by atoms with E-state index in [1.165, 1.54) is 31.4 Å². The number of likely N-dealkylation sites (tertiary alicyclic amines) is 1. The van der Waals surface area contributed by atoms with Crippen molar-refractivity contribution < 1.29 is 36.6 Å². The molecule has 0 spiro atoms. The summed E-state index contributed by atoms with van der Waals surface area (Å²) in [6.45, 7) is -0.169. The van der Waals surface area contributed by atoms with Gasteiger partial charge in [0.1, 0.15) is 17.6 Å². The van der Waals surface area contributed by atoms with Crippen LogP contribution in [0.3, 0.4) is 0 Å². The number of esters is 1. The first-order valence-electron chi connectivity index (χ1n) is 13.5. The monoisotopic (exact) mass is 523 g/mol. The van der Waals surface area contributed by atoms with Crippen LogP contribution in [0.2, 0.25) is 0 Å². The molecule has 2 atom stereocenters. The number of hydrogen-bond donors (Lipinski definition) is 0. The lowest BCUT2D eigenvalue weighted by Gasteiger charge is -2.56. The molecule has 7 rings (SSSR count). The van der Waals surface area contributed by atoms with Crippen LogP contribution in [0.5, 0.6) is 5.75 Å². The molecule has 6 aliphatic rings. The fourth-order valence-electron chi connectivity index (χ4n) is 8.08. The number of carbonyl (C=O) groups excluding carboxylic acids is 2. The first kappa shape index (κ1) is 25.0. The summed E-state index contributed by atoms with van der Waals surface area (Å²) in [5.41, 5.74) is 0.549. The van der Waals surface area contributed by atoms with Gasteiger partial charge in [-0.3, -0.25) is 4.79 Å². The van der Waals surface area contributed by atoms with E-state index in [4.69, 9.17) is 4.74 Å². The second-order valence-electron chi connectivity index (χ2n) is 12.3. The Bertz CT molecular complexity index is 1060. The van der Waals surface area contributed by atoms with Crippen molar-refractivity contribution in [1.82, 2.24) is 4.90 Å². The Hall–Kier alpha value is -2.32. The summed E-state index contributed by atoms with van der Waals surface area (Å²) in [4.78, 5) is 26.4. The van der Waals surface area contributed by atoms with Gasteiger partial charge in [0, 0.05) is 18.0 Å². The maximum atomic E-state index is 15.4. The van der Waals surface area contributed by atoms with Gasteiger partial charge in [0.05, 0.1) is 25.2 Å². The van der Waals surface area contributed by atoms with Crippen molar-refractivity contribution in [3.05, 3.63) is 29.1 Å². The molecule has 4 bridgehead atoms. The zero-order valence-corrected chi connectivity index (χ0v) is 21.0. The van der Waals surface area contributed by atoms with Gasteiger partial charge < -0.3 is 14.4 Å². The van der Waals surface area contributed by atoms with E-state index >= 15 is 4.39 Å². The Kier molecular flexibility index (Phi) is 5.99. The van der Waals surface area contributed by atoms with Crippen LogP contribution in [-0.2, 0) is 9.53 Å². The highest BCUT2D eigenvalue weighted by atomic mass is 19.4. The number of carbonyl (C=O) groups is 2. The third-order valence-electron chi connectivity index (χ3n) is 9.54. The Morgan fingerprint density at radius 3 is 2.19 bits per heavy atom. The fourth-order valence-corrected chi connectivity index (χ4v) is 8.08. The highest BCUT2D eigenvalue weighted by molar-refractivity contribution is 5.98. The molecule has 0 N–H and O–H groups in total. The highest BCUT2D eigenvalue weighted by Crippen LogP contribution is 2.60. The molecule has 202 valence electrons. The number of rotatable bonds is 6. The quantitative estimate of drug-likeness (QED) is 0.346. The summed E-state index contributed by atoms with van der Waals surface area (Å²) in [5, 5.41) is 0. The Morgan fingerprint density at radius 2 is 1.65 bits per heavy atom. The third-order valence-corrected chi connectivity index (χ3v) is 9.54. The molecule has 0 aromatic heterocycles. The lowest BCUT2D eigenvalue weighted by molar-refractivity contribution is -0.170. The Morgan fingerprint density at radius 1 is 1.03 bits per heavy atom. The average Bonchev–Trinajstić information content (AvgIpc) is 3.57. The fraction of sp³-hybridized carbons (Fsp3) is 0.714. The topological polar surface area (TPSA) is 55.8 Å². The molecular weight excluding hydrogens is 490 g/mol. The van der Waals surface area contributed by atoms with Gasteiger partial charge in [-0.25, -0.2) is 9.18 Å². The molecule has 5 aliphatic carbocycles. The third kappa shape index (κ3) is 4.60. The van der Waals surface area contributed by atoms with E-state index < -0.39 is 48.8 Å². The van der Waals surface area contributed by atoms with Gasteiger partial charge in [-0.05, 0) is 93.1 Å². The first-order chi connectivity index (χ1) is 17.5. The van der Waals surface area contributed by atoms with Crippen LogP contribution in [0.4, 0.5) is 17.6 Å². The molecule has 1 aromatic carbocycles. The number of benzene rings is 1. The second kappa shape index (κ2) is 8.87. The smallest absolute Gasteiger partial charge is 0.393 e. The van der Waals surface area contributed by atoms with Gasteiger partial charge in [0.15, 0.2) is 0 Å². The van der Waals surface area contributed by atoms with Gasteiger partial charge in [-0.2, -0.15) is 13.2 Å². The maximum absolute atomic E-state index is 15.4. The van der Waals surface area contributed by atoms with E-state index in [0.29, 0.717) is 12.4 Å². The summed E-state index contributed by atoms with van der Waals surface area (Å²) < 4.78 is 66.6. The van der Waals surface area contributed by atoms with Crippen molar-refractivity contribution >= 4 is 11.9 Å². The van der Waals surface area contributed by atoms with Gasteiger partial charge in [0.25, 0.3) is 5.91 Å². The number of ether oxygens (including phenoxy) is 2. The van der Waals surface area contributed by atoms with E-state index in [0.717, 1.165) is 67.4 Å². The molecule has 37 heavy (non-hydrogen) atoms. The zero-order valence-electron chi connectivity index (χ0n) is 21.0. The lowest BCUT2D eigenvalue weighted by atomic mass is 9.50. The molecule has 1 saturated heterocycles. The van der Waals surface area contributed by atoms with E-state index in [2.05, 4.69) is 4.74 Å². The second-order valence-corrected chi connectivity index (χ2v) is 12.3. The molecule has 1 heterocycles. The summed E-state index contributed by atoms with van der Waals surface area (Å²) in [7, 11) is 1.06. The SMILES string of the molecule is COC(=O)C1CC(C(F)(F)F)CN1C(=O)c1cc(C2CC2)c(OCC23CC4CC(CC(C4)C2)C3)cc1F. The maximum Gasteiger partial charge on any atom is 0.393 e. The summed E-state index contributed by atoms with van der Waals surface area (Å²) in [6, 6.07) is 1.27. The molecule has 2 unspecified atom stereocenters. The highest BCUT2D eigenvalue weighted by Gasteiger charge is 2.53. The number of halogens is 4. The van der Waals surface area contributed by atoms with Crippen LogP contribution in [0.1, 0.15) is 79.6 Å². The lowest BCUT2D eigenvalue weighted by Crippen LogP contribution is -2.48. The number of nitrogens with zero attached hydrogens (tertiary/aromatic N) is 1. The van der Waals surface area contributed by atoms with Crippen LogP contribution >= 0.6 is 0 Å². The van der Waals surface area contributed by atoms with E-state index in [1.807, 2.05) is 0 Å². The van der Waals surface area contributed by atoms with Crippen molar-refractivity contribution in [1.29, 1.82) is 0 Å². The van der Waals surface area contributed by atoms with Crippen molar-refractivity contribution in [2.75, 3.05) is 20.3 Å². The van der Waals surface area contributed by atoms with Crippen LogP contribution < -0.4 is 4.74 Å². The minimum Gasteiger partial charge on any atom is -0.493 e. The van der Waals surface area contributed by atoms with E-state index in [-0.39, 0.29) is 16.9 Å². The number of methoxy groups -OCH3 is 1. The number of amides is 1. The predicted octanol–water partition coefficient (Wildman–Crippen LogP) is 5.86. The normalized spacial score (nSPS) is 34.6. The minimum absolute atomic E-state index is 0.135. The van der Waals surface area contributed by atoms with E-state index in [9.17, 15) is 22.8 Å². The van der Waals surface area contributed by atoms with Gasteiger partial charge >= 0.3 is 12.1 Å². The number of alkyl halides is 3.